The molecule has 2 saturated heterocycles. The fourth-order valence-corrected chi connectivity index (χ4v) is 4.75. The van der Waals surface area contributed by atoms with Gasteiger partial charge in [0, 0.05) is 44.7 Å². The fraction of sp³-hybridized carbons (Fsp3) is 0.944. The number of rotatable bonds is 4. The third-order valence-corrected chi connectivity index (χ3v) is 5.82. The van der Waals surface area contributed by atoms with Crippen LogP contribution >= 0.6 is 24.8 Å². The summed E-state index contributed by atoms with van der Waals surface area (Å²) in [5.41, 5.74) is 6.15. The highest BCUT2D eigenvalue weighted by Crippen LogP contribution is 2.29. The van der Waals surface area contributed by atoms with Gasteiger partial charge in [-0.15, -0.1) is 24.8 Å². The summed E-state index contributed by atoms with van der Waals surface area (Å²) in [6.07, 6.45) is 6.93. The van der Waals surface area contributed by atoms with Gasteiger partial charge in [0.1, 0.15) is 0 Å². The first-order chi connectivity index (χ1) is 11.0. The van der Waals surface area contributed by atoms with Crippen LogP contribution in [0.4, 0.5) is 0 Å². The van der Waals surface area contributed by atoms with Crippen LogP contribution in [0.15, 0.2) is 0 Å². The summed E-state index contributed by atoms with van der Waals surface area (Å²) in [5.74, 6) is 0.747. The van der Waals surface area contributed by atoms with E-state index in [1.807, 2.05) is 0 Å². The van der Waals surface area contributed by atoms with Crippen LogP contribution in [0.25, 0.3) is 0 Å². The van der Waals surface area contributed by atoms with Gasteiger partial charge in [0.2, 0.25) is 5.91 Å². The molecule has 25 heavy (non-hydrogen) atoms. The SMILES string of the molecule is CC1CN(CC2CCCN2C(=O)C[C@@H]2CCC[C@H]2N)CC(C)O1.Cl.Cl. The second-order valence-corrected chi connectivity index (χ2v) is 7.92. The molecule has 0 radical (unpaired) electrons. The highest BCUT2D eigenvalue weighted by atomic mass is 35.5. The molecule has 3 rings (SSSR count). The highest BCUT2D eigenvalue weighted by molar-refractivity contribution is 5.85. The molecule has 0 aromatic carbocycles. The number of carbonyl (C=O) groups excluding carboxylic acids is 1. The number of morpholine rings is 1. The average molecular weight is 396 g/mol. The minimum Gasteiger partial charge on any atom is -0.373 e. The molecule has 2 aliphatic heterocycles. The Morgan fingerprint density at radius 1 is 1.08 bits per heavy atom. The molecular formula is C18H35Cl2N3O2. The van der Waals surface area contributed by atoms with Crippen molar-refractivity contribution in [1.29, 1.82) is 0 Å². The van der Waals surface area contributed by atoms with Crippen molar-refractivity contribution in [1.82, 2.24) is 9.80 Å². The highest BCUT2D eigenvalue weighted by Gasteiger charge is 2.34. The Balaban J connectivity index is 0.00000156. The Morgan fingerprint density at radius 3 is 2.36 bits per heavy atom. The lowest BCUT2D eigenvalue weighted by Crippen LogP contribution is -2.51. The number of carbonyl (C=O) groups is 1. The van der Waals surface area contributed by atoms with Crippen LogP contribution in [0, 0.1) is 5.92 Å². The van der Waals surface area contributed by atoms with Crippen molar-refractivity contribution in [2.24, 2.45) is 11.7 Å². The maximum Gasteiger partial charge on any atom is 0.223 e. The molecule has 0 bridgehead atoms. The average Bonchev–Trinajstić information content (AvgIpc) is 3.07. The molecule has 3 aliphatic rings. The fourth-order valence-electron chi connectivity index (χ4n) is 4.75. The molecule has 5 nitrogen and oxygen atoms in total. The summed E-state index contributed by atoms with van der Waals surface area (Å²) in [4.78, 5) is 17.4. The van der Waals surface area contributed by atoms with Crippen LogP contribution in [-0.4, -0.2) is 66.2 Å². The summed E-state index contributed by atoms with van der Waals surface area (Å²) in [6.45, 7) is 8.18. The number of hydrogen-bond acceptors (Lipinski definition) is 4. The predicted molar refractivity (Wildman–Crippen MR) is 106 cm³/mol. The largest absolute Gasteiger partial charge is 0.373 e. The van der Waals surface area contributed by atoms with E-state index < -0.39 is 0 Å². The smallest absolute Gasteiger partial charge is 0.223 e. The lowest BCUT2D eigenvalue weighted by molar-refractivity contribution is -0.134. The van der Waals surface area contributed by atoms with Gasteiger partial charge in [-0.2, -0.15) is 0 Å². The van der Waals surface area contributed by atoms with Crippen LogP contribution in [0.5, 0.6) is 0 Å². The van der Waals surface area contributed by atoms with Crippen molar-refractivity contribution >= 4 is 30.7 Å². The number of ether oxygens (including phenoxy) is 1. The molecule has 2 N–H and O–H groups in total. The van der Waals surface area contributed by atoms with E-state index in [1.165, 1.54) is 6.42 Å². The number of hydrogen-bond donors (Lipinski definition) is 1. The van der Waals surface area contributed by atoms with Crippen molar-refractivity contribution < 1.29 is 9.53 Å². The Hall–Kier alpha value is -0.0700. The lowest BCUT2D eigenvalue weighted by atomic mass is 9.99. The molecule has 3 fully saturated rings. The van der Waals surface area contributed by atoms with Gasteiger partial charge in [0.25, 0.3) is 0 Å². The number of nitrogens with zero attached hydrogens (tertiary/aromatic N) is 2. The predicted octanol–water partition coefficient (Wildman–Crippen LogP) is 2.45. The first-order valence-electron chi connectivity index (χ1n) is 9.45. The quantitative estimate of drug-likeness (QED) is 0.793. The van der Waals surface area contributed by atoms with E-state index in [9.17, 15) is 4.79 Å². The first kappa shape index (κ1) is 23.0. The molecule has 0 aromatic heterocycles. The normalized spacial score (nSPS) is 36.0. The molecule has 7 heteroatoms. The van der Waals surface area contributed by atoms with Gasteiger partial charge in [-0.3, -0.25) is 9.69 Å². The molecule has 3 unspecified atom stereocenters. The van der Waals surface area contributed by atoms with Crippen LogP contribution in [-0.2, 0) is 9.53 Å². The van der Waals surface area contributed by atoms with Crippen molar-refractivity contribution in [3.8, 4) is 0 Å². The van der Waals surface area contributed by atoms with Gasteiger partial charge in [0.05, 0.1) is 12.2 Å². The topological polar surface area (TPSA) is 58.8 Å². The first-order valence-corrected chi connectivity index (χ1v) is 9.45. The van der Waals surface area contributed by atoms with Gasteiger partial charge in [0.15, 0.2) is 0 Å². The zero-order valence-electron chi connectivity index (χ0n) is 15.6. The van der Waals surface area contributed by atoms with Crippen LogP contribution < -0.4 is 5.73 Å². The van der Waals surface area contributed by atoms with E-state index in [0.29, 0.717) is 36.5 Å². The standard InChI is InChI=1S/C18H33N3O2.2ClH/c1-13-10-20(11-14(2)23-13)12-16-6-4-8-21(16)18(22)9-15-5-3-7-17(15)19;;/h13-17H,3-12,19H2,1-2H3;2*1H/t13?,14?,15-,16?,17+;;/m0../s1. The third kappa shape index (κ3) is 5.96. The van der Waals surface area contributed by atoms with Gasteiger partial charge in [-0.05, 0) is 45.4 Å². The van der Waals surface area contributed by atoms with Gasteiger partial charge in [-0.1, -0.05) is 6.42 Å². The van der Waals surface area contributed by atoms with E-state index in [2.05, 4.69) is 23.6 Å². The van der Waals surface area contributed by atoms with E-state index in [-0.39, 0.29) is 30.9 Å². The molecule has 2 heterocycles. The molecular weight excluding hydrogens is 361 g/mol. The molecule has 5 atom stereocenters. The van der Waals surface area contributed by atoms with E-state index in [1.54, 1.807) is 0 Å². The summed E-state index contributed by atoms with van der Waals surface area (Å²) < 4.78 is 5.82. The molecule has 0 spiro atoms. The van der Waals surface area contributed by atoms with E-state index in [4.69, 9.17) is 10.5 Å². The maximum atomic E-state index is 12.8. The second kappa shape index (κ2) is 10.3. The number of nitrogens with two attached hydrogens (primary N) is 1. The number of halogens is 2. The van der Waals surface area contributed by atoms with Gasteiger partial charge < -0.3 is 15.4 Å². The van der Waals surface area contributed by atoms with Crippen LogP contribution in [0.1, 0.15) is 52.4 Å². The van der Waals surface area contributed by atoms with Gasteiger partial charge >= 0.3 is 0 Å². The second-order valence-electron chi connectivity index (χ2n) is 7.92. The lowest BCUT2D eigenvalue weighted by Gasteiger charge is -2.38. The van der Waals surface area contributed by atoms with Crippen LogP contribution in [0.2, 0.25) is 0 Å². The number of likely N-dealkylation sites (tertiary alicyclic amines) is 1. The number of amides is 1. The summed E-state index contributed by atoms with van der Waals surface area (Å²) in [7, 11) is 0. The van der Waals surface area contributed by atoms with E-state index in [0.717, 1.165) is 51.9 Å². The Morgan fingerprint density at radius 2 is 1.76 bits per heavy atom. The zero-order chi connectivity index (χ0) is 16.4. The zero-order valence-corrected chi connectivity index (χ0v) is 17.2. The molecule has 1 amide bonds. The Bertz CT molecular complexity index is 417. The molecule has 1 saturated carbocycles. The Kier molecular flexibility index (Phi) is 9.47. The van der Waals surface area contributed by atoms with Crippen molar-refractivity contribution in [2.45, 2.75) is 76.7 Å². The monoisotopic (exact) mass is 395 g/mol. The van der Waals surface area contributed by atoms with E-state index >= 15 is 0 Å². The third-order valence-electron chi connectivity index (χ3n) is 5.82. The van der Waals surface area contributed by atoms with Crippen molar-refractivity contribution in [2.75, 3.05) is 26.2 Å². The van der Waals surface area contributed by atoms with Crippen LogP contribution in [0.3, 0.4) is 0 Å². The summed E-state index contributed by atoms with van der Waals surface area (Å²) in [6, 6.07) is 0.624. The van der Waals surface area contributed by atoms with Gasteiger partial charge in [-0.25, -0.2) is 0 Å². The molecule has 1 aliphatic carbocycles. The Labute approximate surface area is 164 Å². The molecule has 148 valence electrons. The summed E-state index contributed by atoms with van der Waals surface area (Å²) >= 11 is 0. The minimum absolute atomic E-state index is 0. The molecule has 0 aromatic rings. The minimum atomic E-state index is 0. The summed E-state index contributed by atoms with van der Waals surface area (Å²) in [5, 5.41) is 0. The maximum absolute atomic E-state index is 12.8. The van der Waals surface area contributed by atoms with Crippen molar-refractivity contribution in [3.05, 3.63) is 0 Å². The van der Waals surface area contributed by atoms with Crippen molar-refractivity contribution in [3.63, 3.8) is 0 Å².